The number of amides is 1. The summed E-state index contributed by atoms with van der Waals surface area (Å²) in [5.41, 5.74) is 2.48. The highest BCUT2D eigenvalue weighted by molar-refractivity contribution is 6.31. The van der Waals surface area contributed by atoms with Crippen LogP contribution >= 0.6 is 11.6 Å². The lowest BCUT2D eigenvalue weighted by Crippen LogP contribution is -2.24. The summed E-state index contributed by atoms with van der Waals surface area (Å²) in [6, 6.07) is 11.0. The molecule has 1 fully saturated rings. The Morgan fingerprint density at radius 3 is 2.66 bits per heavy atom. The van der Waals surface area contributed by atoms with Crippen molar-refractivity contribution in [2.45, 2.75) is 19.3 Å². The molecule has 0 spiro atoms. The van der Waals surface area contributed by atoms with Crippen LogP contribution in [-0.4, -0.2) is 36.8 Å². The highest BCUT2D eigenvalue weighted by atomic mass is 35.5. The molecule has 0 unspecified atom stereocenters. The van der Waals surface area contributed by atoms with E-state index in [1.165, 1.54) is 0 Å². The van der Waals surface area contributed by atoms with Crippen LogP contribution < -0.4 is 14.4 Å². The molecule has 0 bridgehead atoms. The number of carbonyl (C=O) groups excluding carboxylic acids is 1. The van der Waals surface area contributed by atoms with Gasteiger partial charge in [0.05, 0.1) is 20.1 Å². The predicted octanol–water partition coefficient (Wildman–Crippen LogP) is 4.24. The first-order valence-electron chi connectivity index (χ1n) is 9.12. The monoisotopic (exact) mass is 413 g/mol. The first-order valence-corrected chi connectivity index (χ1v) is 9.50. The van der Waals surface area contributed by atoms with Crippen LogP contribution in [0.5, 0.6) is 11.5 Å². The Labute approximate surface area is 173 Å². The summed E-state index contributed by atoms with van der Waals surface area (Å²) in [4.78, 5) is 18.8. The molecule has 0 radical (unpaired) electrons. The van der Waals surface area contributed by atoms with Crippen molar-refractivity contribution in [3.63, 3.8) is 0 Å². The van der Waals surface area contributed by atoms with Crippen molar-refractivity contribution in [2.24, 2.45) is 0 Å². The number of halogens is 1. The largest absolute Gasteiger partial charge is 0.493 e. The van der Waals surface area contributed by atoms with Crippen molar-refractivity contribution < 1.29 is 18.8 Å². The first kappa shape index (κ1) is 19.3. The number of hydrogen-bond donors (Lipinski definition) is 0. The zero-order valence-electron chi connectivity index (χ0n) is 16.3. The number of carbonyl (C=O) groups is 1. The van der Waals surface area contributed by atoms with Gasteiger partial charge in [-0.2, -0.15) is 4.98 Å². The number of anilines is 1. The highest BCUT2D eigenvalue weighted by Gasteiger charge is 2.35. The van der Waals surface area contributed by atoms with Gasteiger partial charge in [-0.1, -0.05) is 22.8 Å². The molecule has 150 valence electrons. The summed E-state index contributed by atoms with van der Waals surface area (Å²) in [6.45, 7) is 2.39. The second kappa shape index (κ2) is 7.75. The van der Waals surface area contributed by atoms with Crippen molar-refractivity contribution >= 4 is 23.2 Å². The number of benzene rings is 2. The molecule has 1 amide bonds. The molecule has 8 heteroatoms. The molecule has 2 aromatic carbocycles. The molecule has 29 heavy (non-hydrogen) atoms. The summed E-state index contributed by atoms with van der Waals surface area (Å²) >= 11 is 6.21. The maximum atomic E-state index is 12.5. The quantitative estimate of drug-likeness (QED) is 0.622. The normalized spacial score (nSPS) is 16.3. The molecule has 1 aromatic heterocycles. The van der Waals surface area contributed by atoms with Crippen LogP contribution in [0.25, 0.3) is 11.4 Å². The van der Waals surface area contributed by atoms with Gasteiger partial charge in [-0.3, -0.25) is 4.79 Å². The summed E-state index contributed by atoms with van der Waals surface area (Å²) in [5.74, 6) is 1.89. The molecular weight excluding hydrogens is 394 g/mol. The third kappa shape index (κ3) is 3.65. The molecule has 1 aliphatic rings. The number of aromatic nitrogens is 2. The van der Waals surface area contributed by atoms with Crippen molar-refractivity contribution in [1.29, 1.82) is 0 Å². The third-order valence-electron chi connectivity index (χ3n) is 5.02. The van der Waals surface area contributed by atoms with E-state index in [4.69, 9.17) is 25.6 Å². The zero-order valence-corrected chi connectivity index (χ0v) is 17.1. The summed E-state index contributed by atoms with van der Waals surface area (Å²) in [5, 5.41) is 4.71. The number of nitrogens with zero attached hydrogens (tertiary/aromatic N) is 3. The Hall–Kier alpha value is -3.06. The van der Waals surface area contributed by atoms with Crippen LogP contribution in [-0.2, 0) is 4.79 Å². The molecule has 4 rings (SSSR count). The first-order chi connectivity index (χ1) is 14.0. The number of ether oxygens (including phenoxy) is 2. The Balaban J connectivity index is 1.56. The van der Waals surface area contributed by atoms with E-state index >= 15 is 0 Å². The van der Waals surface area contributed by atoms with Gasteiger partial charge in [0.2, 0.25) is 17.6 Å². The molecule has 3 aromatic rings. The van der Waals surface area contributed by atoms with Gasteiger partial charge in [0, 0.05) is 29.2 Å². The molecule has 0 aliphatic carbocycles. The van der Waals surface area contributed by atoms with Crippen LogP contribution in [0.15, 0.2) is 40.9 Å². The van der Waals surface area contributed by atoms with Crippen molar-refractivity contribution in [2.75, 3.05) is 25.7 Å². The van der Waals surface area contributed by atoms with Gasteiger partial charge in [0.1, 0.15) is 0 Å². The van der Waals surface area contributed by atoms with Crippen molar-refractivity contribution in [3.8, 4) is 22.9 Å². The number of aryl methyl sites for hydroxylation is 1. The molecule has 7 nitrogen and oxygen atoms in total. The summed E-state index contributed by atoms with van der Waals surface area (Å²) in [7, 11) is 3.15. The lowest BCUT2D eigenvalue weighted by molar-refractivity contribution is -0.117. The highest BCUT2D eigenvalue weighted by Crippen LogP contribution is 2.35. The fraction of sp³-hybridized carbons (Fsp3) is 0.286. The van der Waals surface area contributed by atoms with Crippen LogP contribution in [0, 0.1) is 6.92 Å². The zero-order chi connectivity index (χ0) is 20.5. The lowest BCUT2D eigenvalue weighted by Gasteiger charge is -2.17. The van der Waals surface area contributed by atoms with Gasteiger partial charge in [-0.25, -0.2) is 0 Å². The minimum Gasteiger partial charge on any atom is -0.493 e. The smallest absolute Gasteiger partial charge is 0.232 e. The third-order valence-corrected chi connectivity index (χ3v) is 5.43. The number of hydrogen-bond acceptors (Lipinski definition) is 6. The topological polar surface area (TPSA) is 77.7 Å². The standard InChI is InChI=1S/C21H20ClN3O4/c1-12-4-6-15(10-16(12)22)25-11-14(9-19(25)26)21-23-20(24-29-21)13-5-7-17(27-2)18(8-13)28-3/h4-8,10,14H,9,11H2,1-3H3/t14-/m1/s1. The molecule has 2 heterocycles. The molecule has 0 N–H and O–H groups in total. The van der Waals surface area contributed by atoms with E-state index in [-0.39, 0.29) is 11.8 Å². The molecule has 0 saturated carbocycles. The van der Waals surface area contributed by atoms with Crippen molar-refractivity contribution in [1.82, 2.24) is 10.1 Å². The Morgan fingerprint density at radius 1 is 1.14 bits per heavy atom. The van der Waals surface area contributed by atoms with Gasteiger partial charge in [0.15, 0.2) is 11.5 Å². The number of rotatable bonds is 5. The number of methoxy groups -OCH3 is 2. The van der Waals surface area contributed by atoms with Crippen LogP contribution in [0.2, 0.25) is 5.02 Å². The fourth-order valence-electron chi connectivity index (χ4n) is 3.37. The maximum Gasteiger partial charge on any atom is 0.232 e. The molecular formula is C21H20ClN3O4. The van der Waals surface area contributed by atoms with E-state index in [9.17, 15) is 4.79 Å². The predicted molar refractivity (Wildman–Crippen MR) is 109 cm³/mol. The average Bonchev–Trinajstić information content (AvgIpc) is 3.36. The minimum atomic E-state index is -0.177. The van der Waals surface area contributed by atoms with Gasteiger partial charge < -0.3 is 18.9 Å². The SMILES string of the molecule is COc1ccc(-c2noc([C@@H]3CC(=O)N(c4ccc(C)c(Cl)c4)C3)n2)cc1OC. The Kier molecular flexibility index (Phi) is 5.15. The van der Waals surface area contributed by atoms with Crippen molar-refractivity contribution in [3.05, 3.63) is 52.9 Å². The van der Waals surface area contributed by atoms with Crippen LogP contribution in [0.4, 0.5) is 5.69 Å². The van der Waals surface area contributed by atoms with Crippen LogP contribution in [0.1, 0.15) is 23.8 Å². The lowest BCUT2D eigenvalue weighted by atomic mass is 10.1. The second-order valence-corrected chi connectivity index (χ2v) is 7.27. The van der Waals surface area contributed by atoms with Gasteiger partial charge in [0.25, 0.3) is 0 Å². The van der Waals surface area contributed by atoms with E-state index in [1.807, 2.05) is 25.1 Å². The molecule has 1 aliphatic heterocycles. The Morgan fingerprint density at radius 2 is 1.93 bits per heavy atom. The van der Waals surface area contributed by atoms with E-state index in [0.717, 1.165) is 16.8 Å². The van der Waals surface area contributed by atoms with Gasteiger partial charge in [-0.15, -0.1) is 0 Å². The second-order valence-electron chi connectivity index (χ2n) is 6.86. The summed E-state index contributed by atoms with van der Waals surface area (Å²) < 4.78 is 16.1. The summed E-state index contributed by atoms with van der Waals surface area (Å²) in [6.07, 6.45) is 0.305. The Bertz CT molecular complexity index is 1070. The van der Waals surface area contributed by atoms with E-state index in [0.29, 0.717) is 41.2 Å². The minimum absolute atomic E-state index is 0.000728. The van der Waals surface area contributed by atoms with Crippen LogP contribution in [0.3, 0.4) is 0 Å². The molecule has 1 atom stereocenters. The fourth-order valence-corrected chi connectivity index (χ4v) is 3.54. The van der Waals surface area contributed by atoms with E-state index < -0.39 is 0 Å². The van der Waals surface area contributed by atoms with E-state index in [2.05, 4.69) is 10.1 Å². The van der Waals surface area contributed by atoms with Gasteiger partial charge >= 0.3 is 0 Å². The maximum absolute atomic E-state index is 12.5. The van der Waals surface area contributed by atoms with E-state index in [1.54, 1.807) is 37.3 Å². The van der Waals surface area contributed by atoms with Gasteiger partial charge in [-0.05, 0) is 42.8 Å². The molecule has 1 saturated heterocycles. The average molecular weight is 414 g/mol.